The molecule has 0 heterocycles. The molecule has 0 unspecified atom stereocenters. The highest BCUT2D eigenvalue weighted by Gasteiger charge is 2.16. The Bertz CT molecular complexity index is 374. The van der Waals surface area contributed by atoms with Gasteiger partial charge in [-0.15, -0.1) is 0 Å². The third-order valence-electron chi connectivity index (χ3n) is 1.84. The van der Waals surface area contributed by atoms with Crippen LogP contribution in [0.4, 0.5) is 0 Å². The van der Waals surface area contributed by atoms with Crippen molar-refractivity contribution in [2.75, 3.05) is 20.0 Å². The Kier molecular flexibility index (Phi) is 9.48. The van der Waals surface area contributed by atoms with Gasteiger partial charge in [0.25, 0.3) is 0 Å². The molecule has 10 heteroatoms. The van der Waals surface area contributed by atoms with Crippen molar-refractivity contribution in [1.82, 2.24) is 0 Å². The van der Waals surface area contributed by atoms with E-state index in [-0.39, 0.29) is 13.2 Å². The maximum absolute atomic E-state index is 11.1. The first kappa shape index (κ1) is 18.7. The fourth-order valence-electron chi connectivity index (χ4n) is 0.816. The summed E-state index contributed by atoms with van der Waals surface area (Å²) in [4.78, 5) is 0. The maximum atomic E-state index is 11.1. The molecule has 0 bridgehead atoms. The minimum Gasteiger partial charge on any atom is -0.248 e. The molecule has 19 heavy (non-hydrogen) atoms. The van der Waals surface area contributed by atoms with Crippen LogP contribution in [0.3, 0.4) is 0 Å². The molecule has 0 saturated carbocycles. The van der Waals surface area contributed by atoms with Crippen molar-refractivity contribution in [2.45, 2.75) is 39.5 Å². The summed E-state index contributed by atoms with van der Waals surface area (Å²) >= 11 is 0. The van der Waals surface area contributed by atoms with Crippen molar-refractivity contribution in [3.8, 4) is 0 Å². The van der Waals surface area contributed by atoms with E-state index in [0.29, 0.717) is 12.8 Å². The van der Waals surface area contributed by atoms with E-state index < -0.39 is 27.6 Å². The van der Waals surface area contributed by atoms with Crippen LogP contribution in [0, 0.1) is 0 Å². The van der Waals surface area contributed by atoms with Crippen molar-refractivity contribution < 1.29 is 33.6 Å². The number of hydrogen-bond acceptors (Lipinski definition) is 8. The van der Waals surface area contributed by atoms with Crippen LogP contribution < -0.4 is 0 Å². The first-order valence-corrected chi connectivity index (χ1v) is 8.57. The molecule has 0 aliphatic heterocycles. The van der Waals surface area contributed by atoms with Crippen LogP contribution in [0.2, 0.25) is 0 Å². The first-order chi connectivity index (χ1) is 8.83. The molecule has 116 valence electrons. The molecule has 0 aromatic carbocycles. The lowest BCUT2D eigenvalue weighted by Gasteiger charge is -2.07. The van der Waals surface area contributed by atoms with Crippen LogP contribution in [-0.4, -0.2) is 36.8 Å². The molecule has 0 amide bonds. The summed E-state index contributed by atoms with van der Waals surface area (Å²) in [5.41, 5.74) is 0. The average molecular weight is 320 g/mol. The fraction of sp³-hybridized carbons (Fsp3) is 1.00. The van der Waals surface area contributed by atoms with Gasteiger partial charge in [0, 0.05) is 0 Å². The molecule has 0 spiro atoms. The maximum Gasteiger partial charge on any atom is 0.402 e. The molecule has 0 aliphatic carbocycles. The Morgan fingerprint density at radius 1 is 0.684 bits per heavy atom. The predicted octanol–water partition coefficient (Wildman–Crippen LogP) is 1.10. The standard InChI is InChI=1S/C9H20O8S2/c1-3-5-7-14-18(10,11)16-9-17-19(12,13)15-8-6-4-2/h3-9H2,1-2H3. The van der Waals surface area contributed by atoms with E-state index in [2.05, 4.69) is 16.7 Å². The van der Waals surface area contributed by atoms with Gasteiger partial charge < -0.3 is 0 Å². The minimum absolute atomic E-state index is 0.0292. The minimum atomic E-state index is -4.25. The molecule has 8 nitrogen and oxygen atoms in total. The van der Waals surface area contributed by atoms with Gasteiger partial charge >= 0.3 is 20.8 Å². The van der Waals surface area contributed by atoms with Crippen LogP contribution in [-0.2, 0) is 37.5 Å². The molecule has 0 aromatic heterocycles. The van der Waals surface area contributed by atoms with Crippen molar-refractivity contribution >= 4 is 20.8 Å². The normalized spacial score (nSPS) is 12.7. The van der Waals surface area contributed by atoms with Crippen LogP contribution in [0.1, 0.15) is 39.5 Å². The quantitative estimate of drug-likeness (QED) is 0.389. The van der Waals surface area contributed by atoms with Crippen molar-refractivity contribution in [2.24, 2.45) is 0 Å². The van der Waals surface area contributed by atoms with Gasteiger partial charge in [-0.2, -0.15) is 16.8 Å². The first-order valence-electron chi connectivity index (χ1n) is 5.90. The second-order valence-corrected chi connectivity index (χ2v) is 6.10. The molecular formula is C9H20O8S2. The fourth-order valence-corrected chi connectivity index (χ4v) is 1.99. The molecular weight excluding hydrogens is 300 g/mol. The molecule has 0 aliphatic rings. The number of unbranched alkanes of at least 4 members (excludes halogenated alkanes) is 2. The Balaban J connectivity index is 3.94. The van der Waals surface area contributed by atoms with Gasteiger partial charge in [-0.25, -0.2) is 16.7 Å². The Morgan fingerprint density at radius 3 is 1.37 bits per heavy atom. The molecule has 0 fully saturated rings. The summed E-state index contributed by atoms with van der Waals surface area (Å²) in [5.74, 6) is 0. The zero-order valence-electron chi connectivity index (χ0n) is 11.0. The van der Waals surface area contributed by atoms with E-state index in [4.69, 9.17) is 0 Å². The van der Waals surface area contributed by atoms with Crippen molar-refractivity contribution in [3.05, 3.63) is 0 Å². The van der Waals surface area contributed by atoms with Gasteiger partial charge in [-0.3, -0.25) is 0 Å². The third-order valence-corrected chi connectivity index (χ3v) is 3.52. The van der Waals surface area contributed by atoms with Gasteiger partial charge in [0.15, 0.2) is 6.79 Å². The van der Waals surface area contributed by atoms with E-state index in [0.717, 1.165) is 12.8 Å². The molecule has 0 N–H and O–H groups in total. The van der Waals surface area contributed by atoms with Gasteiger partial charge in [-0.1, -0.05) is 26.7 Å². The third kappa shape index (κ3) is 11.3. The Hall–Kier alpha value is -0.260. The lowest BCUT2D eigenvalue weighted by Crippen LogP contribution is -2.17. The van der Waals surface area contributed by atoms with Gasteiger partial charge in [0.2, 0.25) is 0 Å². The summed E-state index contributed by atoms with van der Waals surface area (Å²) in [6.07, 6.45) is 2.60. The molecule has 0 atom stereocenters. The summed E-state index contributed by atoms with van der Waals surface area (Å²) < 4.78 is 61.6. The Morgan fingerprint density at radius 2 is 1.05 bits per heavy atom. The van der Waals surface area contributed by atoms with Crippen LogP contribution >= 0.6 is 0 Å². The SMILES string of the molecule is CCCCOS(=O)(=O)OCOS(=O)(=O)OCCCC. The molecule has 0 aromatic rings. The molecule has 0 radical (unpaired) electrons. The smallest absolute Gasteiger partial charge is 0.248 e. The van der Waals surface area contributed by atoms with Crippen LogP contribution in [0.25, 0.3) is 0 Å². The van der Waals surface area contributed by atoms with Crippen LogP contribution in [0.15, 0.2) is 0 Å². The van der Waals surface area contributed by atoms with Crippen molar-refractivity contribution in [3.63, 3.8) is 0 Å². The highest BCUT2D eigenvalue weighted by atomic mass is 32.3. The highest BCUT2D eigenvalue weighted by Crippen LogP contribution is 2.03. The zero-order chi connectivity index (χ0) is 14.8. The number of rotatable bonds is 12. The monoisotopic (exact) mass is 320 g/mol. The van der Waals surface area contributed by atoms with Gasteiger partial charge in [-0.05, 0) is 12.8 Å². The van der Waals surface area contributed by atoms with E-state index in [9.17, 15) is 16.8 Å². The number of hydrogen-bond donors (Lipinski definition) is 0. The summed E-state index contributed by atoms with van der Waals surface area (Å²) in [7, 11) is -8.49. The second kappa shape index (κ2) is 9.61. The second-order valence-electron chi connectivity index (χ2n) is 3.52. The summed E-state index contributed by atoms with van der Waals surface area (Å²) in [6.45, 7) is 2.65. The summed E-state index contributed by atoms with van der Waals surface area (Å²) in [5, 5.41) is 0. The van der Waals surface area contributed by atoms with E-state index in [1.54, 1.807) is 0 Å². The Labute approximate surface area is 114 Å². The molecule has 0 saturated heterocycles. The lowest BCUT2D eigenvalue weighted by molar-refractivity contribution is 0.0862. The summed E-state index contributed by atoms with van der Waals surface area (Å²) in [6, 6.07) is 0. The molecule has 0 rings (SSSR count). The predicted molar refractivity (Wildman–Crippen MR) is 66.6 cm³/mol. The van der Waals surface area contributed by atoms with Gasteiger partial charge in [0.1, 0.15) is 0 Å². The zero-order valence-corrected chi connectivity index (χ0v) is 12.7. The topological polar surface area (TPSA) is 105 Å². The lowest BCUT2D eigenvalue weighted by atomic mass is 10.4. The highest BCUT2D eigenvalue weighted by molar-refractivity contribution is 7.82. The van der Waals surface area contributed by atoms with E-state index >= 15 is 0 Å². The average Bonchev–Trinajstić information content (AvgIpc) is 2.28. The van der Waals surface area contributed by atoms with Gasteiger partial charge in [0.05, 0.1) is 13.2 Å². The van der Waals surface area contributed by atoms with Crippen LogP contribution in [0.5, 0.6) is 0 Å². The van der Waals surface area contributed by atoms with Crippen molar-refractivity contribution in [1.29, 1.82) is 0 Å². The largest absolute Gasteiger partial charge is 0.402 e. The van der Waals surface area contributed by atoms with E-state index in [1.165, 1.54) is 0 Å². The van der Waals surface area contributed by atoms with E-state index in [1.807, 2.05) is 13.8 Å².